The van der Waals surface area contributed by atoms with Crippen LogP contribution in [0.2, 0.25) is 0 Å². The van der Waals surface area contributed by atoms with Gasteiger partial charge in [-0.15, -0.1) is 0 Å². The van der Waals surface area contributed by atoms with Gasteiger partial charge in [-0.25, -0.2) is 9.18 Å². The minimum atomic E-state index is -0.319. The van der Waals surface area contributed by atoms with Crippen molar-refractivity contribution < 1.29 is 18.7 Å². The third-order valence-electron chi connectivity index (χ3n) is 4.16. The number of piperazine rings is 1. The van der Waals surface area contributed by atoms with Crippen molar-refractivity contribution in [1.29, 1.82) is 0 Å². The molecule has 0 atom stereocenters. The second-order valence-electron chi connectivity index (χ2n) is 5.96. The van der Waals surface area contributed by atoms with Gasteiger partial charge >= 0.3 is 6.09 Å². The molecule has 24 heavy (non-hydrogen) atoms. The zero-order chi connectivity index (χ0) is 17.2. The van der Waals surface area contributed by atoms with Crippen LogP contribution in [0.4, 0.5) is 9.18 Å². The number of benzene rings is 1. The highest BCUT2D eigenvalue weighted by molar-refractivity contribution is 5.67. The minimum absolute atomic E-state index is 0.160. The Kier molecular flexibility index (Phi) is 7.68. The van der Waals surface area contributed by atoms with Crippen LogP contribution in [0.3, 0.4) is 0 Å². The van der Waals surface area contributed by atoms with E-state index >= 15 is 0 Å². The average molecular weight is 335 g/mol. The first-order valence-electron chi connectivity index (χ1n) is 8.42. The smallest absolute Gasteiger partial charge is 0.410 e. The first kappa shape index (κ1) is 18.4. The number of hydrogen-bond donors (Lipinski definition) is 0. The van der Waals surface area contributed by atoms with Crippen molar-refractivity contribution in [3.8, 4) is 0 Å². The number of amides is 1. The summed E-state index contributed by atoms with van der Waals surface area (Å²) in [5.74, 6) is -0.300. The van der Waals surface area contributed by atoms with E-state index in [4.69, 9.17) is 4.74 Å². The third-order valence-corrected chi connectivity index (χ3v) is 4.16. The number of nitrogens with zero attached hydrogens (tertiary/aromatic N) is 2. The fourth-order valence-corrected chi connectivity index (χ4v) is 2.68. The zero-order valence-corrected chi connectivity index (χ0v) is 13.9. The van der Waals surface area contributed by atoms with Crippen LogP contribution in [0, 0.1) is 5.82 Å². The third kappa shape index (κ3) is 6.28. The number of rotatable bonds is 8. The van der Waals surface area contributed by atoms with Crippen molar-refractivity contribution in [3.63, 3.8) is 0 Å². The van der Waals surface area contributed by atoms with Crippen LogP contribution in [-0.4, -0.2) is 54.9 Å². The molecule has 1 saturated heterocycles. The number of unbranched alkanes of at least 4 members (excludes halogenated alkanes) is 3. The van der Waals surface area contributed by atoms with Gasteiger partial charge in [-0.3, -0.25) is 9.69 Å². The standard InChI is InChI=1S/C18H24FN2O3/c19-17-7-5-16(6-8-17)15-24-18(23)21-12-10-20(11-13-21)9-3-1-2-4-14-22/h5-8H,1-4,9-13,15H2. The van der Waals surface area contributed by atoms with Crippen LogP contribution in [-0.2, 0) is 16.1 Å². The summed E-state index contributed by atoms with van der Waals surface area (Å²) in [4.78, 5) is 26.2. The molecule has 6 heteroatoms. The lowest BCUT2D eigenvalue weighted by atomic mass is 10.2. The summed E-state index contributed by atoms with van der Waals surface area (Å²) in [7, 11) is 0. The monoisotopic (exact) mass is 335 g/mol. The maximum atomic E-state index is 12.8. The van der Waals surface area contributed by atoms with Crippen LogP contribution in [0.15, 0.2) is 24.3 Å². The molecule has 0 saturated carbocycles. The van der Waals surface area contributed by atoms with E-state index in [1.807, 2.05) is 6.29 Å². The number of carbonyl (C=O) groups is 1. The number of carbonyl (C=O) groups excluding carboxylic acids is 2. The van der Waals surface area contributed by atoms with Gasteiger partial charge in [0.15, 0.2) is 6.29 Å². The SMILES string of the molecule is O=[C]CCCCCN1CCN(C(=O)OCc2ccc(F)cc2)CC1. The summed E-state index contributed by atoms with van der Waals surface area (Å²) >= 11 is 0. The molecular formula is C18H24FN2O3. The fourth-order valence-electron chi connectivity index (χ4n) is 2.68. The average Bonchev–Trinajstić information content (AvgIpc) is 2.61. The molecule has 0 unspecified atom stereocenters. The number of hydrogen-bond acceptors (Lipinski definition) is 4. The summed E-state index contributed by atoms with van der Waals surface area (Å²) < 4.78 is 18.1. The Bertz CT molecular complexity index is 514. The lowest BCUT2D eigenvalue weighted by Gasteiger charge is -2.34. The van der Waals surface area contributed by atoms with Crippen LogP contribution in [0.1, 0.15) is 31.2 Å². The largest absolute Gasteiger partial charge is 0.445 e. The van der Waals surface area contributed by atoms with E-state index < -0.39 is 0 Å². The predicted molar refractivity (Wildman–Crippen MR) is 88.8 cm³/mol. The molecule has 1 aliphatic heterocycles. The van der Waals surface area contributed by atoms with Gasteiger partial charge in [0.05, 0.1) is 0 Å². The van der Waals surface area contributed by atoms with Crippen molar-refractivity contribution in [2.75, 3.05) is 32.7 Å². The first-order valence-corrected chi connectivity index (χ1v) is 8.42. The van der Waals surface area contributed by atoms with Crippen molar-refractivity contribution in [3.05, 3.63) is 35.6 Å². The van der Waals surface area contributed by atoms with Crippen molar-refractivity contribution in [2.24, 2.45) is 0 Å². The second-order valence-corrected chi connectivity index (χ2v) is 5.96. The Morgan fingerprint density at radius 3 is 2.46 bits per heavy atom. The molecule has 1 fully saturated rings. The summed E-state index contributed by atoms with van der Waals surface area (Å²) in [5.41, 5.74) is 0.774. The van der Waals surface area contributed by atoms with E-state index in [0.29, 0.717) is 19.5 Å². The molecule has 1 aromatic carbocycles. The molecule has 1 amide bonds. The van der Waals surface area contributed by atoms with Crippen LogP contribution >= 0.6 is 0 Å². The van der Waals surface area contributed by atoms with Crippen LogP contribution in [0.5, 0.6) is 0 Å². The maximum absolute atomic E-state index is 12.8. The molecule has 0 bridgehead atoms. The van der Waals surface area contributed by atoms with E-state index in [9.17, 15) is 14.0 Å². The van der Waals surface area contributed by atoms with E-state index in [-0.39, 0.29) is 18.5 Å². The Morgan fingerprint density at radius 2 is 1.79 bits per heavy atom. The highest BCUT2D eigenvalue weighted by atomic mass is 19.1. The zero-order valence-electron chi connectivity index (χ0n) is 13.9. The maximum Gasteiger partial charge on any atom is 0.410 e. The Labute approximate surface area is 142 Å². The second kappa shape index (κ2) is 10.0. The predicted octanol–water partition coefficient (Wildman–Crippen LogP) is 2.75. The van der Waals surface area contributed by atoms with Gasteiger partial charge in [0.25, 0.3) is 0 Å². The number of ether oxygens (including phenoxy) is 1. The summed E-state index contributed by atoms with van der Waals surface area (Å²) in [5, 5.41) is 0. The normalized spacial score (nSPS) is 15.3. The molecular weight excluding hydrogens is 311 g/mol. The Balaban J connectivity index is 1.61. The topological polar surface area (TPSA) is 49.9 Å². The quantitative estimate of drug-likeness (QED) is 0.686. The number of halogens is 1. The van der Waals surface area contributed by atoms with E-state index in [1.165, 1.54) is 12.1 Å². The van der Waals surface area contributed by atoms with Gasteiger partial charge in [-0.2, -0.15) is 0 Å². The molecule has 0 aromatic heterocycles. The van der Waals surface area contributed by atoms with Crippen molar-refractivity contribution in [1.82, 2.24) is 9.80 Å². The van der Waals surface area contributed by atoms with E-state index in [2.05, 4.69) is 4.90 Å². The van der Waals surface area contributed by atoms with Gasteiger partial charge in [0.1, 0.15) is 12.4 Å². The summed E-state index contributed by atoms with van der Waals surface area (Å²) in [6.07, 6.45) is 5.12. The molecule has 1 aromatic rings. The summed E-state index contributed by atoms with van der Waals surface area (Å²) in [6, 6.07) is 5.94. The highest BCUT2D eigenvalue weighted by Crippen LogP contribution is 2.09. The molecule has 0 spiro atoms. The minimum Gasteiger partial charge on any atom is -0.445 e. The van der Waals surface area contributed by atoms with Gasteiger partial charge in [-0.05, 0) is 37.1 Å². The van der Waals surface area contributed by atoms with E-state index in [0.717, 1.165) is 44.5 Å². The molecule has 1 radical (unpaired) electrons. The van der Waals surface area contributed by atoms with Gasteiger partial charge in [0.2, 0.25) is 0 Å². The van der Waals surface area contributed by atoms with Crippen LogP contribution < -0.4 is 0 Å². The Hall–Kier alpha value is -1.95. The molecule has 1 heterocycles. The lowest BCUT2D eigenvalue weighted by molar-refractivity contribution is 0.0713. The van der Waals surface area contributed by atoms with Crippen molar-refractivity contribution in [2.45, 2.75) is 32.3 Å². The highest BCUT2D eigenvalue weighted by Gasteiger charge is 2.21. The molecule has 0 N–H and O–H groups in total. The van der Waals surface area contributed by atoms with E-state index in [1.54, 1.807) is 17.0 Å². The van der Waals surface area contributed by atoms with Crippen molar-refractivity contribution >= 4 is 12.4 Å². The first-order chi connectivity index (χ1) is 11.7. The summed E-state index contributed by atoms with van der Waals surface area (Å²) in [6.45, 7) is 4.15. The van der Waals surface area contributed by atoms with Gasteiger partial charge in [-0.1, -0.05) is 18.6 Å². The molecule has 131 valence electrons. The molecule has 1 aliphatic rings. The fraction of sp³-hybridized carbons (Fsp3) is 0.556. The molecule has 5 nitrogen and oxygen atoms in total. The van der Waals surface area contributed by atoms with Crippen LogP contribution in [0.25, 0.3) is 0 Å². The van der Waals surface area contributed by atoms with Gasteiger partial charge in [0, 0.05) is 32.6 Å². The van der Waals surface area contributed by atoms with Gasteiger partial charge < -0.3 is 9.64 Å². The lowest BCUT2D eigenvalue weighted by Crippen LogP contribution is -2.48. The molecule has 0 aliphatic carbocycles. The Morgan fingerprint density at radius 1 is 1.08 bits per heavy atom. The molecule has 2 rings (SSSR count).